The summed E-state index contributed by atoms with van der Waals surface area (Å²) >= 11 is 0. The van der Waals surface area contributed by atoms with E-state index in [1.807, 2.05) is 12.1 Å². The van der Waals surface area contributed by atoms with Gasteiger partial charge in [0.15, 0.2) is 5.82 Å². The van der Waals surface area contributed by atoms with Crippen LogP contribution in [0.15, 0.2) is 104 Å². The van der Waals surface area contributed by atoms with Crippen LogP contribution in [0.4, 0.5) is 30.6 Å². The highest BCUT2D eigenvalue weighted by Crippen LogP contribution is 2.31. The van der Waals surface area contributed by atoms with E-state index in [4.69, 9.17) is 5.73 Å². The third kappa shape index (κ3) is 5.88. The molecule has 7 heterocycles. The number of pyridine rings is 7. The van der Waals surface area contributed by atoms with E-state index in [1.54, 1.807) is 49.3 Å². The second-order valence-electron chi connectivity index (χ2n) is 9.15. The molecule has 7 rings (SSSR count). The predicted molar refractivity (Wildman–Crippen MR) is 157 cm³/mol. The summed E-state index contributed by atoms with van der Waals surface area (Å²) in [6.07, 6.45) is 13.1. The number of anilines is 3. The van der Waals surface area contributed by atoms with Gasteiger partial charge in [0.05, 0.1) is 18.6 Å². The van der Waals surface area contributed by atoms with Gasteiger partial charge in [-0.3, -0.25) is 19.9 Å². The number of nitrogen functional groups attached to an aromatic ring is 1. The number of hydrogen-bond acceptors (Lipinski definition) is 9. The van der Waals surface area contributed by atoms with E-state index in [0.717, 1.165) is 34.9 Å². The standard InChI is InChI=1S/C18H11F2N5.C13H9FN4/c19-12-3-4-16(23-9-12)25-18-17-14(2-1-5-22-17)15(10-24-18)11-6-13(20)8-21-7-11;14-9-4-8(5-16-6-9)11-7-18-13(15)12-10(11)2-1-3-17-12/h1-10H,(H,23,24,25);1-7H,(H2,15,18). The Labute approximate surface area is 242 Å². The highest BCUT2D eigenvalue weighted by molar-refractivity contribution is 6.00. The molecule has 0 aliphatic carbocycles. The first-order valence-corrected chi connectivity index (χ1v) is 12.8. The molecule has 0 radical (unpaired) electrons. The average molecular weight is 576 g/mol. The van der Waals surface area contributed by atoms with Crippen molar-refractivity contribution < 1.29 is 13.2 Å². The molecule has 43 heavy (non-hydrogen) atoms. The Morgan fingerprint density at radius 1 is 0.558 bits per heavy atom. The molecule has 0 aliphatic rings. The summed E-state index contributed by atoms with van der Waals surface area (Å²) in [5, 5.41) is 4.64. The number of nitrogens with zero attached hydrogens (tertiary/aromatic N) is 7. The number of halogens is 3. The van der Waals surface area contributed by atoms with Crippen molar-refractivity contribution in [1.82, 2.24) is 34.9 Å². The first kappa shape index (κ1) is 27.1. The van der Waals surface area contributed by atoms with Crippen molar-refractivity contribution in [3.05, 3.63) is 122 Å². The maximum atomic E-state index is 13.5. The first-order valence-electron chi connectivity index (χ1n) is 12.8. The number of aromatic nitrogens is 7. The highest BCUT2D eigenvalue weighted by Gasteiger charge is 2.12. The molecule has 0 fully saturated rings. The Morgan fingerprint density at radius 2 is 1.16 bits per heavy atom. The lowest BCUT2D eigenvalue weighted by atomic mass is 10.0. The van der Waals surface area contributed by atoms with Crippen molar-refractivity contribution in [2.75, 3.05) is 11.1 Å². The molecule has 3 N–H and O–H groups in total. The van der Waals surface area contributed by atoms with E-state index in [2.05, 4.69) is 40.2 Å². The smallest absolute Gasteiger partial charge is 0.158 e. The number of nitrogens with two attached hydrogens (primary N) is 1. The van der Waals surface area contributed by atoms with Gasteiger partial charge in [-0.15, -0.1) is 0 Å². The molecule has 12 heteroatoms. The lowest BCUT2D eigenvalue weighted by Crippen LogP contribution is -1.99. The molecule has 0 aliphatic heterocycles. The molecule has 9 nitrogen and oxygen atoms in total. The minimum atomic E-state index is -0.424. The van der Waals surface area contributed by atoms with Gasteiger partial charge in [0.2, 0.25) is 0 Å². The van der Waals surface area contributed by atoms with Gasteiger partial charge in [-0.25, -0.2) is 28.1 Å². The average Bonchev–Trinajstić information content (AvgIpc) is 3.03. The van der Waals surface area contributed by atoms with Gasteiger partial charge in [-0.1, -0.05) is 12.1 Å². The summed E-state index contributed by atoms with van der Waals surface area (Å²) in [4.78, 5) is 28.7. The zero-order chi connectivity index (χ0) is 29.8. The maximum absolute atomic E-state index is 13.5. The molecule has 0 spiro atoms. The topological polar surface area (TPSA) is 128 Å². The van der Waals surface area contributed by atoms with Gasteiger partial charge in [0, 0.05) is 70.2 Å². The van der Waals surface area contributed by atoms with Crippen LogP contribution in [-0.2, 0) is 0 Å². The number of fused-ring (bicyclic) bond motifs is 2. The Bertz CT molecular complexity index is 2070. The Balaban J connectivity index is 0.000000162. The summed E-state index contributed by atoms with van der Waals surface area (Å²) in [5.74, 6) is 0.0478. The molecular formula is C31H20F3N9. The minimum absolute atomic E-state index is 0.360. The fraction of sp³-hybridized carbons (Fsp3) is 0. The SMILES string of the molecule is Fc1ccc(Nc2ncc(-c3cncc(F)c3)c3cccnc23)nc1.Nc1ncc(-c2cncc(F)c2)c2cccnc12. The molecular weight excluding hydrogens is 555 g/mol. The molecule has 210 valence electrons. The zero-order valence-electron chi connectivity index (χ0n) is 22.2. The van der Waals surface area contributed by atoms with Crippen molar-refractivity contribution in [3.8, 4) is 22.3 Å². The van der Waals surface area contributed by atoms with Gasteiger partial charge < -0.3 is 11.1 Å². The van der Waals surface area contributed by atoms with Crippen LogP contribution in [0.3, 0.4) is 0 Å². The Morgan fingerprint density at radius 3 is 1.77 bits per heavy atom. The fourth-order valence-electron chi connectivity index (χ4n) is 4.40. The molecule has 0 atom stereocenters. The third-order valence-electron chi connectivity index (χ3n) is 6.32. The van der Waals surface area contributed by atoms with Crippen LogP contribution in [0.1, 0.15) is 0 Å². The highest BCUT2D eigenvalue weighted by atomic mass is 19.1. The van der Waals surface area contributed by atoms with Crippen molar-refractivity contribution in [1.29, 1.82) is 0 Å². The van der Waals surface area contributed by atoms with Crippen LogP contribution in [0, 0.1) is 17.5 Å². The van der Waals surface area contributed by atoms with Gasteiger partial charge in [0.1, 0.15) is 40.1 Å². The van der Waals surface area contributed by atoms with Crippen LogP contribution < -0.4 is 11.1 Å². The predicted octanol–water partition coefficient (Wildman–Crippen LogP) is 6.52. The third-order valence-corrected chi connectivity index (χ3v) is 6.32. The molecule has 0 amide bonds. The number of nitrogens with one attached hydrogen (secondary N) is 1. The zero-order valence-corrected chi connectivity index (χ0v) is 22.2. The van der Waals surface area contributed by atoms with Crippen molar-refractivity contribution in [2.45, 2.75) is 0 Å². The summed E-state index contributed by atoms with van der Waals surface area (Å²) in [6, 6.07) is 13.0. The monoisotopic (exact) mass is 575 g/mol. The summed E-state index contributed by atoms with van der Waals surface area (Å²) in [7, 11) is 0. The molecule has 7 aromatic heterocycles. The van der Waals surface area contributed by atoms with E-state index in [0.29, 0.717) is 45.2 Å². The minimum Gasteiger partial charge on any atom is -0.382 e. The van der Waals surface area contributed by atoms with Crippen LogP contribution >= 0.6 is 0 Å². The first-order chi connectivity index (χ1) is 21.0. The van der Waals surface area contributed by atoms with Crippen LogP contribution in [0.2, 0.25) is 0 Å². The molecule has 0 saturated carbocycles. The van der Waals surface area contributed by atoms with E-state index in [-0.39, 0.29) is 5.82 Å². The van der Waals surface area contributed by atoms with E-state index < -0.39 is 11.6 Å². The van der Waals surface area contributed by atoms with Crippen LogP contribution in [0.5, 0.6) is 0 Å². The van der Waals surface area contributed by atoms with Crippen molar-refractivity contribution in [3.63, 3.8) is 0 Å². The maximum Gasteiger partial charge on any atom is 0.158 e. The quantitative estimate of drug-likeness (QED) is 0.241. The van der Waals surface area contributed by atoms with Gasteiger partial charge in [0.25, 0.3) is 0 Å². The van der Waals surface area contributed by atoms with Crippen LogP contribution in [-0.4, -0.2) is 34.9 Å². The lowest BCUT2D eigenvalue weighted by molar-refractivity contribution is 0.621. The summed E-state index contributed by atoms with van der Waals surface area (Å²) in [6.45, 7) is 0. The van der Waals surface area contributed by atoms with Gasteiger partial charge in [-0.2, -0.15) is 0 Å². The molecule has 0 unspecified atom stereocenters. The number of rotatable bonds is 4. The van der Waals surface area contributed by atoms with E-state index >= 15 is 0 Å². The number of hydrogen-bond donors (Lipinski definition) is 2. The fourth-order valence-corrected chi connectivity index (χ4v) is 4.40. The molecule has 0 bridgehead atoms. The molecule has 0 saturated heterocycles. The summed E-state index contributed by atoms with van der Waals surface area (Å²) in [5.41, 5.74) is 9.71. The largest absolute Gasteiger partial charge is 0.382 e. The van der Waals surface area contributed by atoms with E-state index in [1.165, 1.54) is 24.3 Å². The summed E-state index contributed by atoms with van der Waals surface area (Å²) < 4.78 is 39.7. The normalized spacial score (nSPS) is 10.8. The second kappa shape index (κ2) is 11.8. The van der Waals surface area contributed by atoms with E-state index in [9.17, 15) is 13.2 Å². The molecule has 7 aromatic rings. The van der Waals surface area contributed by atoms with Gasteiger partial charge >= 0.3 is 0 Å². The second-order valence-corrected chi connectivity index (χ2v) is 9.15. The van der Waals surface area contributed by atoms with Gasteiger partial charge in [-0.05, 0) is 36.4 Å². The van der Waals surface area contributed by atoms with Crippen LogP contribution in [0.25, 0.3) is 44.1 Å². The lowest BCUT2D eigenvalue weighted by Gasteiger charge is -2.11. The Kier molecular flexibility index (Phi) is 7.47. The van der Waals surface area contributed by atoms with Crippen molar-refractivity contribution >= 4 is 39.3 Å². The molecule has 0 aromatic carbocycles. The van der Waals surface area contributed by atoms with Crippen molar-refractivity contribution in [2.24, 2.45) is 0 Å². The Hall–Kier alpha value is -6.04.